The Bertz CT molecular complexity index is 404. The quantitative estimate of drug-likeness (QED) is 0.688. The highest BCUT2D eigenvalue weighted by atomic mass is 19.1. The van der Waals surface area contributed by atoms with E-state index in [1.54, 1.807) is 6.07 Å². The van der Waals surface area contributed by atoms with Crippen molar-refractivity contribution in [1.82, 2.24) is 0 Å². The van der Waals surface area contributed by atoms with Gasteiger partial charge in [0.1, 0.15) is 5.82 Å². The molecule has 0 amide bonds. The minimum atomic E-state index is -1.25. The lowest BCUT2D eigenvalue weighted by Crippen LogP contribution is -2.02. The SMILES string of the molecule is CCCCCCCOCc1ccc(C(=O)O)c(F)c1. The van der Waals surface area contributed by atoms with E-state index in [-0.39, 0.29) is 5.56 Å². The maximum Gasteiger partial charge on any atom is 0.338 e. The van der Waals surface area contributed by atoms with Crippen molar-refractivity contribution in [2.24, 2.45) is 0 Å². The van der Waals surface area contributed by atoms with Crippen molar-refractivity contribution in [3.05, 3.63) is 35.1 Å². The number of benzene rings is 1. The maximum absolute atomic E-state index is 13.4. The van der Waals surface area contributed by atoms with E-state index in [2.05, 4.69) is 6.92 Å². The second-order valence-corrected chi connectivity index (χ2v) is 4.59. The standard InChI is InChI=1S/C15H21FO3/c1-2-3-4-5-6-9-19-11-12-7-8-13(15(17)18)14(16)10-12/h7-8,10H,2-6,9,11H2,1H3,(H,17,18). The molecule has 1 aromatic carbocycles. The van der Waals surface area contributed by atoms with Crippen molar-refractivity contribution >= 4 is 5.97 Å². The van der Waals surface area contributed by atoms with Crippen LogP contribution in [0.3, 0.4) is 0 Å². The lowest BCUT2D eigenvalue weighted by atomic mass is 10.1. The molecule has 1 rings (SSSR count). The highest BCUT2D eigenvalue weighted by molar-refractivity contribution is 5.87. The molecule has 0 aliphatic rings. The Balaban J connectivity index is 2.26. The molecule has 0 spiro atoms. The van der Waals surface area contributed by atoms with Gasteiger partial charge in [0.05, 0.1) is 12.2 Å². The van der Waals surface area contributed by atoms with Gasteiger partial charge in [-0.1, -0.05) is 38.7 Å². The predicted molar refractivity (Wildman–Crippen MR) is 71.8 cm³/mol. The molecule has 0 heterocycles. The van der Waals surface area contributed by atoms with Crippen molar-refractivity contribution in [3.63, 3.8) is 0 Å². The molecular weight excluding hydrogens is 247 g/mol. The van der Waals surface area contributed by atoms with Crippen LogP contribution in [0.5, 0.6) is 0 Å². The second kappa shape index (κ2) is 8.64. The number of unbranched alkanes of at least 4 members (excludes halogenated alkanes) is 4. The normalized spacial score (nSPS) is 10.6. The van der Waals surface area contributed by atoms with Gasteiger partial charge in [-0.15, -0.1) is 0 Å². The van der Waals surface area contributed by atoms with Crippen LogP contribution in [-0.4, -0.2) is 17.7 Å². The molecule has 3 nitrogen and oxygen atoms in total. The first-order chi connectivity index (χ1) is 9.15. The van der Waals surface area contributed by atoms with Crippen molar-refractivity contribution in [2.45, 2.75) is 45.6 Å². The number of aromatic carboxylic acids is 1. The lowest BCUT2D eigenvalue weighted by molar-refractivity contribution is 0.0691. The smallest absolute Gasteiger partial charge is 0.338 e. The van der Waals surface area contributed by atoms with E-state index in [1.807, 2.05) is 0 Å². The number of carbonyl (C=O) groups is 1. The number of rotatable bonds is 9. The fourth-order valence-electron chi connectivity index (χ4n) is 1.82. The second-order valence-electron chi connectivity index (χ2n) is 4.59. The van der Waals surface area contributed by atoms with Gasteiger partial charge in [-0.2, -0.15) is 0 Å². The van der Waals surface area contributed by atoms with E-state index in [0.29, 0.717) is 18.8 Å². The molecule has 4 heteroatoms. The predicted octanol–water partition coefficient (Wildman–Crippen LogP) is 4.01. The Labute approximate surface area is 113 Å². The molecule has 0 saturated carbocycles. The first-order valence-electron chi connectivity index (χ1n) is 6.74. The topological polar surface area (TPSA) is 46.5 Å². The molecule has 0 saturated heterocycles. The summed E-state index contributed by atoms with van der Waals surface area (Å²) >= 11 is 0. The summed E-state index contributed by atoms with van der Waals surface area (Å²) in [5.41, 5.74) is 0.361. The molecule has 19 heavy (non-hydrogen) atoms. The van der Waals surface area contributed by atoms with Crippen LogP contribution in [0.25, 0.3) is 0 Å². The molecular formula is C15H21FO3. The van der Waals surface area contributed by atoms with E-state index in [0.717, 1.165) is 12.8 Å². The number of ether oxygens (including phenoxy) is 1. The number of hydrogen-bond acceptors (Lipinski definition) is 2. The minimum Gasteiger partial charge on any atom is -0.478 e. The van der Waals surface area contributed by atoms with Gasteiger partial charge in [-0.05, 0) is 24.1 Å². The van der Waals surface area contributed by atoms with Gasteiger partial charge in [0, 0.05) is 6.61 Å². The molecule has 106 valence electrons. The summed E-state index contributed by atoms with van der Waals surface area (Å²) in [5.74, 6) is -1.96. The van der Waals surface area contributed by atoms with Crippen molar-refractivity contribution < 1.29 is 19.0 Å². The zero-order valence-corrected chi connectivity index (χ0v) is 11.3. The van der Waals surface area contributed by atoms with Crippen molar-refractivity contribution in [1.29, 1.82) is 0 Å². The fraction of sp³-hybridized carbons (Fsp3) is 0.533. The summed E-state index contributed by atoms with van der Waals surface area (Å²) in [6, 6.07) is 4.09. The highest BCUT2D eigenvalue weighted by Crippen LogP contribution is 2.12. The molecule has 0 aromatic heterocycles. The first-order valence-corrected chi connectivity index (χ1v) is 6.74. The van der Waals surface area contributed by atoms with E-state index < -0.39 is 11.8 Å². The zero-order valence-electron chi connectivity index (χ0n) is 11.3. The van der Waals surface area contributed by atoms with Gasteiger partial charge in [-0.25, -0.2) is 9.18 Å². The van der Waals surface area contributed by atoms with Crippen LogP contribution in [0, 0.1) is 5.82 Å². The Morgan fingerprint density at radius 3 is 2.63 bits per heavy atom. The largest absolute Gasteiger partial charge is 0.478 e. The monoisotopic (exact) mass is 268 g/mol. The minimum absolute atomic E-state index is 0.302. The summed E-state index contributed by atoms with van der Waals surface area (Å²) in [6.45, 7) is 3.16. The Morgan fingerprint density at radius 2 is 2.00 bits per heavy atom. The van der Waals surface area contributed by atoms with Crippen LogP contribution in [0.1, 0.15) is 54.9 Å². The number of carboxylic acids is 1. The van der Waals surface area contributed by atoms with Crippen molar-refractivity contribution in [3.8, 4) is 0 Å². The summed E-state index contributed by atoms with van der Waals surface area (Å²) in [6.07, 6.45) is 5.86. The summed E-state index contributed by atoms with van der Waals surface area (Å²) in [5, 5.41) is 8.70. The van der Waals surface area contributed by atoms with Gasteiger partial charge in [0.25, 0.3) is 0 Å². The summed E-state index contributed by atoms with van der Waals surface area (Å²) < 4.78 is 18.8. The Morgan fingerprint density at radius 1 is 1.26 bits per heavy atom. The lowest BCUT2D eigenvalue weighted by Gasteiger charge is -2.05. The first kappa shape index (κ1) is 15.6. The van der Waals surface area contributed by atoms with E-state index in [1.165, 1.54) is 31.4 Å². The van der Waals surface area contributed by atoms with Gasteiger partial charge < -0.3 is 9.84 Å². The summed E-state index contributed by atoms with van der Waals surface area (Å²) in [4.78, 5) is 10.6. The average molecular weight is 268 g/mol. The third-order valence-electron chi connectivity index (χ3n) is 2.92. The molecule has 1 N–H and O–H groups in total. The average Bonchev–Trinajstić information content (AvgIpc) is 2.37. The molecule has 0 radical (unpaired) electrons. The maximum atomic E-state index is 13.4. The number of carboxylic acid groups (broad SMARTS) is 1. The van der Waals surface area contributed by atoms with E-state index >= 15 is 0 Å². The van der Waals surface area contributed by atoms with Gasteiger partial charge in [0.2, 0.25) is 0 Å². The molecule has 0 atom stereocenters. The van der Waals surface area contributed by atoms with Gasteiger partial charge in [0.15, 0.2) is 0 Å². The van der Waals surface area contributed by atoms with Gasteiger partial charge in [-0.3, -0.25) is 0 Å². The van der Waals surface area contributed by atoms with Gasteiger partial charge >= 0.3 is 5.97 Å². The highest BCUT2D eigenvalue weighted by Gasteiger charge is 2.10. The third-order valence-corrected chi connectivity index (χ3v) is 2.92. The molecule has 0 bridgehead atoms. The Kier molecular flexibility index (Phi) is 7.11. The number of hydrogen-bond donors (Lipinski definition) is 1. The Hall–Kier alpha value is -1.42. The molecule has 0 unspecified atom stereocenters. The molecule has 0 aliphatic heterocycles. The van der Waals surface area contributed by atoms with Crippen LogP contribution < -0.4 is 0 Å². The van der Waals surface area contributed by atoms with Crippen molar-refractivity contribution in [2.75, 3.05) is 6.61 Å². The van der Waals surface area contributed by atoms with E-state index in [9.17, 15) is 9.18 Å². The summed E-state index contributed by atoms with van der Waals surface area (Å²) in [7, 11) is 0. The molecule has 0 fully saturated rings. The molecule has 1 aromatic rings. The van der Waals surface area contributed by atoms with Crippen LogP contribution in [0.2, 0.25) is 0 Å². The van der Waals surface area contributed by atoms with Crippen LogP contribution in [-0.2, 0) is 11.3 Å². The van der Waals surface area contributed by atoms with Crippen LogP contribution >= 0.6 is 0 Å². The molecule has 0 aliphatic carbocycles. The van der Waals surface area contributed by atoms with Crippen LogP contribution in [0.15, 0.2) is 18.2 Å². The zero-order chi connectivity index (χ0) is 14.1. The fourth-order valence-corrected chi connectivity index (χ4v) is 1.82. The van der Waals surface area contributed by atoms with E-state index in [4.69, 9.17) is 9.84 Å². The van der Waals surface area contributed by atoms with Crippen LogP contribution in [0.4, 0.5) is 4.39 Å². The number of halogens is 1. The third kappa shape index (κ3) is 5.83.